The maximum absolute atomic E-state index is 10.6. The Morgan fingerprint density at radius 3 is 2.56 bits per heavy atom. The SMILES string of the molecule is CC1(C)[C@@H]2C[C@](C)(O)[C@@H](SCC(=O)O)C[C@@H]21. The molecule has 4 atom stereocenters. The van der Waals surface area contributed by atoms with E-state index in [-0.39, 0.29) is 11.0 Å². The third-order valence-corrected chi connectivity index (χ3v) is 6.01. The van der Waals surface area contributed by atoms with E-state index < -0.39 is 11.6 Å². The van der Waals surface area contributed by atoms with Crippen LogP contribution in [0.15, 0.2) is 0 Å². The summed E-state index contributed by atoms with van der Waals surface area (Å²) in [5, 5.41) is 19.1. The number of carbonyl (C=O) groups is 1. The van der Waals surface area contributed by atoms with Gasteiger partial charge in [-0.1, -0.05) is 13.8 Å². The second kappa shape index (κ2) is 3.64. The Kier molecular flexibility index (Phi) is 2.78. The van der Waals surface area contributed by atoms with E-state index >= 15 is 0 Å². The lowest BCUT2D eigenvalue weighted by molar-refractivity contribution is -0.133. The minimum absolute atomic E-state index is 0.0756. The molecule has 0 aromatic carbocycles. The highest BCUT2D eigenvalue weighted by Crippen LogP contribution is 2.67. The maximum Gasteiger partial charge on any atom is 0.313 e. The van der Waals surface area contributed by atoms with Crippen LogP contribution in [0.5, 0.6) is 0 Å². The molecule has 2 aliphatic carbocycles. The van der Waals surface area contributed by atoms with Gasteiger partial charge in [-0.05, 0) is 37.0 Å². The Balaban J connectivity index is 2.00. The lowest BCUT2D eigenvalue weighted by atomic mass is 9.86. The van der Waals surface area contributed by atoms with Crippen molar-refractivity contribution in [2.24, 2.45) is 17.3 Å². The number of thioether (sulfide) groups is 1. The summed E-state index contributed by atoms with van der Waals surface area (Å²) in [6.45, 7) is 6.36. The number of hydrogen-bond acceptors (Lipinski definition) is 3. The highest BCUT2D eigenvalue weighted by Gasteiger charge is 2.63. The number of aliphatic hydroxyl groups is 1. The van der Waals surface area contributed by atoms with Crippen LogP contribution in [0.2, 0.25) is 0 Å². The van der Waals surface area contributed by atoms with Gasteiger partial charge in [-0.2, -0.15) is 0 Å². The van der Waals surface area contributed by atoms with Crippen molar-refractivity contribution >= 4 is 17.7 Å². The Labute approximate surface area is 101 Å². The first-order chi connectivity index (χ1) is 7.25. The van der Waals surface area contributed by atoms with Gasteiger partial charge in [0.05, 0.1) is 11.4 Å². The van der Waals surface area contributed by atoms with E-state index in [1.54, 1.807) is 0 Å². The third-order valence-electron chi connectivity index (χ3n) is 4.49. The van der Waals surface area contributed by atoms with E-state index in [0.29, 0.717) is 17.3 Å². The smallest absolute Gasteiger partial charge is 0.313 e. The number of rotatable bonds is 3. The highest BCUT2D eigenvalue weighted by molar-refractivity contribution is 8.00. The molecule has 0 aromatic rings. The molecule has 0 aromatic heterocycles. The van der Waals surface area contributed by atoms with Gasteiger partial charge in [-0.15, -0.1) is 11.8 Å². The predicted octanol–water partition coefficient (Wildman–Crippen LogP) is 1.99. The maximum atomic E-state index is 10.6. The fourth-order valence-corrected chi connectivity index (χ4v) is 4.35. The highest BCUT2D eigenvalue weighted by atomic mass is 32.2. The second-order valence-corrected chi connectivity index (χ2v) is 7.22. The van der Waals surface area contributed by atoms with Gasteiger partial charge in [0.15, 0.2) is 0 Å². The van der Waals surface area contributed by atoms with Crippen molar-refractivity contribution in [1.82, 2.24) is 0 Å². The van der Waals surface area contributed by atoms with Crippen molar-refractivity contribution in [3.63, 3.8) is 0 Å². The van der Waals surface area contributed by atoms with E-state index in [0.717, 1.165) is 12.8 Å². The molecular formula is C12H20O3S. The number of carboxylic acid groups (broad SMARTS) is 1. The Bertz CT molecular complexity index is 311. The molecule has 0 aliphatic heterocycles. The van der Waals surface area contributed by atoms with Crippen molar-refractivity contribution in [3.8, 4) is 0 Å². The molecule has 2 fully saturated rings. The van der Waals surface area contributed by atoms with Crippen molar-refractivity contribution in [2.45, 2.75) is 44.5 Å². The topological polar surface area (TPSA) is 57.5 Å². The van der Waals surface area contributed by atoms with E-state index in [9.17, 15) is 9.90 Å². The molecule has 0 bridgehead atoms. The number of fused-ring (bicyclic) bond motifs is 1. The molecule has 2 rings (SSSR count). The summed E-state index contributed by atoms with van der Waals surface area (Å²) in [6.07, 6.45) is 1.78. The average Bonchev–Trinajstić information content (AvgIpc) is 2.62. The lowest BCUT2D eigenvalue weighted by Gasteiger charge is -2.36. The van der Waals surface area contributed by atoms with Crippen LogP contribution in [0.25, 0.3) is 0 Å². The minimum Gasteiger partial charge on any atom is -0.481 e. The molecule has 92 valence electrons. The van der Waals surface area contributed by atoms with Gasteiger partial charge in [0.1, 0.15) is 0 Å². The first-order valence-electron chi connectivity index (χ1n) is 5.81. The normalized spacial score (nSPS) is 44.9. The largest absolute Gasteiger partial charge is 0.481 e. The Morgan fingerprint density at radius 1 is 1.38 bits per heavy atom. The van der Waals surface area contributed by atoms with E-state index in [1.165, 1.54) is 11.8 Å². The van der Waals surface area contributed by atoms with Crippen molar-refractivity contribution in [3.05, 3.63) is 0 Å². The van der Waals surface area contributed by atoms with E-state index in [4.69, 9.17) is 5.11 Å². The van der Waals surface area contributed by atoms with Crippen LogP contribution in [-0.4, -0.2) is 32.8 Å². The molecular weight excluding hydrogens is 224 g/mol. The molecule has 2 N–H and O–H groups in total. The van der Waals surface area contributed by atoms with Crippen LogP contribution in [0.1, 0.15) is 33.6 Å². The zero-order valence-electron chi connectivity index (χ0n) is 10.1. The quantitative estimate of drug-likeness (QED) is 0.797. The van der Waals surface area contributed by atoms with E-state index in [1.807, 2.05) is 6.92 Å². The summed E-state index contributed by atoms with van der Waals surface area (Å²) in [5.74, 6) is 0.611. The molecule has 2 aliphatic rings. The summed E-state index contributed by atoms with van der Waals surface area (Å²) in [5.41, 5.74) is -0.350. The summed E-state index contributed by atoms with van der Waals surface area (Å²) in [6, 6.07) is 0. The van der Waals surface area contributed by atoms with Crippen LogP contribution in [-0.2, 0) is 4.79 Å². The predicted molar refractivity (Wildman–Crippen MR) is 64.5 cm³/mol. The summed E-state index contributed by atoms with van der Waals surface area (Å²) >= 11 is 1.39. The fraction of sp³-hybridized carbons (Fsp3) is 0.917. The lowest BCUT2D eigenvalue weighted by Crippen LogP contribution is -2.41. The molecule has 4 heteroatoms. The number of carboxylic acids is 1. The Hall–Kier alpha value is -0.220. The van der Waals surface area contributed by atoms with Crippen LogP contribution < -0.4 is 0 Å². The molecule has 16 heavy (non-hydrogen) atoms. The molecule has 3 nitrogen and oxygen atoms in total. The van der Waals surface area contributed by atoms with Gasteiger partial charge in [0.2, 0.25) is 0 Å². The van der Waals surface area contributed by atoms with Gasteiger partial charge in [0, 0.05) is 5.25 Å². The third kappa shape index (κ3) is 1.97. The fourth-order valence-electron chi connectivity index (χ4n) is 3.21. The van der Waals surface area contributed by atoms with Crippen LogP contribution >= 0.6 is 11.8 Å². The van der Waals surface area contributed by atoms with E-state index in [2.05, 4.69) is 13.8 Å². The molecule has 2 saturated carbocycles. The monoisotopic (exact) mass is 244 g/mol. The van der Waals surface area contributed by atoms with Crippen molar-refractivity contribution in [2.75, 3.05) is 5.75 Å². The number of aliphatic carboxylic acids is 1. The minimum atomic E-state index is -0.794. The standard InChI is InChI=1S/C12H20O3S/c1-11(2)7-4-9(16-6-10(13)14)12(3,15)5-8(7)11/h7-9,15H,4-6H2,1-3H3,(H,13,14)/t7-,8+,9-,12-/m0/s1. The first kappa shape index (κ1) is 12.2. The second-order valence-electron chi connectivity index (χ2n) is 6.02. The number of hydrogen-bond donors (Lipinski definition) is 2. The van der Waals surface area contributed by atoms with Gasteiger partial charge < -0.3 is 10.2 Å². The molecule has 0 heterocycles. The molecule has 0 amide bonds. The Morgan fingerprint density at radius 2 is 2.00 bits per heavy atom. The van der Waals surface area contributed by atoms with Crippen LogP contribution in [0.4, 0.5) is 0 Å². The summed E-state index contributed by atoms with van der Waals surface area (Å²) in [4.78, 5) is 10.6. The van der Waals surface area contributed by atoms with Gasteiger partial charge >= 0.3 is 5.97 Å². The average molecular weight is 244 g/mol. The van der Waals surface area contributed by atoms with Gasteiger partial charge in [0.25, 0.3) is 0 Å². The zero-order valence-corrected chi connectivity index (χ0v) is 10.9. The molecule has 0 radical (unpaired) electrons. The summed E-state index contributed by atoms with van der Waals surface area (Å²) in [7, 11) is 0. The van der Waals surface area contributed by atoms with Crippen LogP contribution in [0.3, 0.4) is 0 Å². The van der Waals surface area contributed by atoms with Gasteiger partial charge in [-0.25, -0.2) is 0 Å². The first-order valence-corrected chi connectivity index (χ1v) is 6.86. The van der Waals surface area contributed by atoms with Crippen LogP contribution in [0, 0.1) is 17.3 Å². The molecule has 0 spiro atoms. The molecule has 0 saturated heterocycles. The van der Waals surface area contributed by atoms with Gasteiger partial charge in [-0.3, -0.25) is 4.79 Å². The molecule has 0 unspecified atom stereocenters. The zero-order chi connectivity index (χ0) is 12.1. The summed E-state index contributed by atoms with van der Waals surface area (Å²) < 4.78 is 0. The van der Waals surface area contributed by atoms with Crippen molar-refractivity contribution < 1.29 is 15.0 Å². The van der Waals surface area contributed by atoms with Crippen molar-refractivity contribution in [1.29, 1.82) is 0 Å².